The smallest absolute Gasteiger partial charge is 0.257 e. The molecular weight excluding hydrogens is 294 g/mol. The Bertz CT molecular complexity index is 646. The van der Waals surface area contributed by atoms with Gasteiger partial charge in [-0.15, -0.1) is 12.3 Å². The molecule has 0 aromatic carbocycles. The molecule has 0 saturated carbocycles. The fourth-order valence-corrected chi connectivity index (χ4v) is 2.99. The van der Waals surface area contributed by atoms with Gasteiger partial charge in [-0.05, 0) is 12.8 Å². The molecule has 23 heavy (non-hydrogen) atoms. The van der Waals surface area contributed by atoms with Crippen molar-refractivity contribution in [3.8, 4) is 12.3 Å². The predicted octanol–water partition coefficient (Wildman–Crippen LogP) is 1.51. The van der Waals surface area contributed by atoms with Crippen LogP contribution in [0.1, 0.15) is 37.7 Å². The molecule has 0 radical (unpaired) electrons. The van der Waals surface area contributed by atoms with Crippen LogP contribution >= 0.6 is 0 Å². The Morgan fingerprint density at radius 2 is 2.35 bits per heavy atom. The summed E-state index contributed by atoms with van der Waals surface area (Å²) in [5.41, 5.74) is -0.492. The maximum Gasteiger partial charge on any atom is 0.257 e. The minimum atomic E-state index is -0.919. The van der Waals surface area contributed by atoms with Gasteiger partial charge in [-0.1, -0.05) is 0 Å². The van der Waals surface area contributed by atoms with E-state index in [0.29, 0.717) is 32.4 Å². The first kappa shape index (κ1) is 15.7. The molecule has 2 aliphatic rings. The summed E-state index contributed by atoms with van der Waals surface area (Å²) in [6, 6.07) is 0. The van der Waals surface area contributed by atoms with E-state index in [0.717, 1.165) is 18.4 Å². The molecule has 2 aliphatic heterocycles. The van der Waals surface area contributed by atoms with Crippen molar-refractivity contribution in [3.63, 3.8) is 0 Å². The fourth-order valence-electron chi connectivity index (χ4n) is 2.99. The molecule has 3 heterocycles. The summed E-state index contributed by atoms with van der Waals surface area (Å²) in [5.74, 6) is 2.49. The van der Waals surface area contributed by atoms with Gasteiger partial charge in [0.15, 0.2) is 11.3 Å². The van der Waals surface area contributed by atoms with E-state index in [1.54, 1.807) is 10.9 Å². The van der Waals surface area contributed by atoms with E-state index in [4.69, 9.17) is 11.2 Å². The highest BCUT2D eigenvalue weighted by atomic mass is 16.5. The number of hydrogen-bond acceptors (Lipinski definition) is 5. The van der Waals surface area contributed by atoms with Gasteiger partial charge in [0.1, 0.15) is 0 Å². The standard InChI is InChI=1S/C16H21N5O2/c1-3-4-6-15(19-20-15)8-9-17-14(22)16(7-5-10-23-16)13-11-18-21(2)12-13/h1,11-12H,4-10H2,2H3,(H,17,22). The van der Waals surface area contributed by atoms with Crippen molar-refractivity contribution in [2.75, 3.05) is 13.2 Å². The second kappa shape index (κ2) is 6.13. The van der Waals surface area contributed by atoms with Gasteiger partial charge in [0.05, 0.1) is 6.20 Å². The molecule has 1 amide bonds. The molecule has 0 aliphatic carbocycles. The zero-order chi connectivity index (χ0) is 16.3. The van der Waals surface area contributed by atoms with Crippen molar-refractivity contribution in [3.05, 3.63) is 18.0 Å². The summed E-state index contributed by atoms with van der Waals surface area (Å²) in [5, 5.41) is 15.3. The van der Waals surface area contributed by atoms with E-state index in [9.17, 15) is 4.79 Å². The lowest BCUT2D eigenvalue weighted by molar-refractivity contribution is -0.142. The second-order valence-corrected chi connectivity index (χ2v) is 6.07. The number of carbonyl (C=O) groups is 1. The van der Waals surface area contributed by atoms with Crippen molar-refractivity contribution in [1.29, 1.82) is 0 Å². The largest absolute Gasteiger partial charge is 0.360 e. The molecular formula is C16H21N5O2. The molecule has 0 bridgehead atoms. The van der Waals surface area contributed by atoms with Crippen molar-refractivity contribution >= 4 is 5.91 Å². The van der Waals surface area contributed by atoms with Crippen molar-refractivity contribution in [2.24, 2.45) is 17.3 Å². The zero-order valence-corrected chi connectivity index (χ0v) is 13.3. The van der Waals surface area contributed by atoms with E-state index in [1.807, 2.05) is 13.2 Å². The highest BCUT2D eigenvalue weighted by Gasteiger charge is 2.46. The molecule has 1 atom stereocenters. The Balaban J connectivity index is 1.59. The van der Waals surface area contributed by atoms with Gasteiger partial charge in [-0.3, -0.25) is 9.48 Å². The van der Waals surface area contributed by atoms with Gasteiger partial charge >= 0.3 is 0 Å². The molecule has 0 spiro atoms. The molecule has 1 unspecified atom stereocenters. The van der Waals surface area contributed by atoms with Crippen LogP contribution < -0.4 is 5.32 Å². The first-order valence-electron chi connectivity index (χ1n) is 7.89. The topological polar surface area (TPSA) is 80.9 Å². The van der Waals surface area contributed by atoms with Crippen molar-refractivity contribution in [2.45, 2.75) is 43.4 Å². The highest BCUT2D eigenvalue weighted by molar-refractivity contribution is 5.86. The van der Waals surface area contributed by atoms with Crippen LogP contribution in [0, 0.1) is 12.3 Å². The van der Waals surface area contributed by atoms with E-state index in [1.165, 1.54) is 0 Å². The molecule has 7 heteroatoms. The monoisotopic (exact) mass is 315 g/mol. The van der Waals surface area contributed by atoms with Gasteiger partial charge in [-0.2, -0.15) is 15.3 Å². The lowest BCUT2D eigenvalue weighted by Crippen LogP contribution is -2.44. The number of amides is 1. The molecule has 1 fully saturated rings. The second-order valence-electron chi connectivity index (χ2n) is 6.07. The third-order valence-electron chi connectivity index (χ3n) is 4.42. The van der Waals surface area contributed by atoms with Crippen molar-refractivity contribution in [1.82, 2.24) is 15.1 Å². The van der Waals surface area contributed by atoms with Crippen molar-refractivity contribution < 1.29 is 9.53 Å². The van der Waals surface area contributed by atoms with Gasteiger partial charge in [0.25, 0.3) is 5.91 Å². The summed E-state index contributed by atoms with van der Waals surface area (Å²) in [7, 11) is 1.83. The summed E-state index contributed by atoms with van der Waals surface area (Å²) >= 11 is 0. The molecule has 1 aromatic heterocycles. The molecule has 122 valence electrons. The number of ether oxygens (including phenoxy) is 1. The molecule has 1 aromatic rings. The number of rotatable bonds is 7. The Kier molecular flexibility index (Phi) is 4.18. The molecule has 1 saturated heterocycles. The van der Waals surface area contributed by atoms with Gasteiger partial charge in [0, 0.05) is 51.2 Å². The van der Waals surface area contributed by atoms with E-state index in [2.05, 4.69) is 26.6 Å². The third kappa shape index (κ3) is 3.13. The first-order valence-corrected chi connectivity index (χ1v) is 7.89. The van der Waals surface area contributed by atoms with Crippen LogP contribution in [0.4, 0.5) is 0 Å². The maximum atomic E-state index is 12.7. The summed E-state index contributed by atoms with van der Waals surface area (Å²) in [6.45, 7) is 1.08. The molecule has 1 N–H and O–H groups in total. The van der Waals surface area contributed by atoms with Crippen LogP contribution in [0.15, 0.2) is 22.6 Å². The van der Waals surface area contributed by atoms with Crippen LogP contribution in [-0.4, -0.2) is 34.5 Å². The predicted molar refractivity (Wildman–Crippen MR) is 83.4 cm³/mol. The Labute approximate surface area is 135 Å². The number of aryl methyl sites for hydroxylation is 1. The molecule has 3 rings (SSSR count). The number of hydrogen-bond donors (Lipinski definition) is 1. The Morgan fingerprint density at radius 3 is 2.91 bits per heavy atom. The van der Waals surface area contributed by atoms with Gasteiger partial charge in [0.2, 0.25) is 0 Å². The summed E-state index contributed by atoms with van der Waals surface area (Å²) in [4.78, 5) is 12.7. The minimum absolute atomic E-state index is 0.115. The van der Waals surface area contributed by atoms with Gasteiger partial charge < -0.3 is 10.1 Å². The molecule has 7 nitrogen and oxygen atoms in total. The number of carbonyl (C=O) groups excluding carboxylic acids is 1. The maximum absolute atomic E-state index is 12.7. The van der Waals surface area contributed by atoms with Crippen LogP contribution in [0.3, 0.4) is 0 Å². The first-order chi connectivity index (χ1) is 11.1. The van der Waals surface area contributed by atoms with Crippen LogP contribution in [0.2, 0.25) is 0 Å². The Hall–Kier alpha value is -2.20. The lowest BCUT2D eigenvalue weighted by Gasteiger charge is -2.26. The Morgan fingerprint density at radius 1 is 1.52 bits per heavy atom. The van der Waals surface area contributed by atoms with Crippen LogP contribution in [0.5, 0.6) is 0 Å². The number of aromatic nitrogens is 2. The zero-order valence-electron chi connectivity index (χ0n) is 13.3. The van der Waals surface area contributed by atoms with Gasteiger partial charge in [-0.25, -0.2) is 0 Å². The highest BCUT2D eigenvalue weighted by Crippen LogP contribution is 2.38. The third-order valence-corrected chi connectivity index (χ3v) is 4.42. The average molecular weight is 315 g/mol. The van der Waals surface area contributed by atoms with Crippen LogP contribution in [-0.2, 0) is 22.2 Å². The average Bonchev–Trinajstić information content (AvgIpc) is 2.95. The van der Waals surface area contributed by atoms with E-state index >= 15 is 0 Å². The number of nitrogens with one attached hydrogen (secondary N) is 1. The van der Waals surface area contributed by atoms with E-state index < -0.39 is 5.60 Å². The van der Waals surface area contributed by atoms with E-state index in [-0.39, 0.29) is 11.6 Å². The fraction of sp³-hybridized carbons (Fsp3) is 0.625. The summed E-state index contributed by atoms with van der Waals surface area (Å²) in [6.07, 6.45) is 12.4. The lowest BCUT2D eigenvalue weighted by atomic mass is 9.92. The SMILES string of the molecule is C#CCCC1(CCNC(=O)C2(c3cnn(C)c3)CCCO2)N=N1. The van der Waals surface area contributed by atoms with Crippen LogP contribution in [0.25, 0.3) is 0 Å². The number of nitrogens with zero attached hydrogens (tertiary/aromatic N) is 4. The summed E-state index contributed by atoms with van der Waals surface area (Å²) < 4.78 is 7.51. The normalized spacial score (nSPS) is 24.3. The minimum Gasteiger partial charge on any atom is -0.360 e. The quantitative estimate of drug-likeness (QED) is 0.774. The number of terminal acetylenes is 1.